The van der Waals surface area contributed by atoms with Crippen molar-refractivity contribution in [1.29, 1.82) is 5.26 Å². The molecule has 5 rings (SSSR count). The van der Waals surface area contributed by atoms with Crippen LogP contribution >= 0.6 is 0 Å². The van der Waals surface area contributed by atoms with Crippen LogP contribution < -0.4 is 15.4 Å². The van der Waals surface area contributed by atoms with Crippen molar-refractivity contribution in [3.8, 4) is 11.8 Å². The predicted octanol–water partition coefficient (Wildman–Crippen LogP) is 4.54. The van der Waals surface area contributed by atoms with E-state index in [1.807, 2.05) is 0 Å². The summed E-state index contributed by atoms with van der Waals surface area (Å²) >= 11 is 0. The topological polar surface area (TPSA) is 101 Å². The number of fused-ring (bicyclic) bond motifs is 4. The molecule has 2 bridgehead atoms. The molecule has 0 radical (unpaired) electrons. The standard InChI is InChI=1S/C21H24F3N7O/c1-20(2,10-25)16-15-18(31(30-16)12-4-3-5-12)29-19-26-8-13(21(22,23)24)17(28-19)27-14-7-6-11(14)9-32-15/h8,11-12,14H,3-7,9H2,1-2H3,(H2,26,27,28,29)/t11?,14-/m0/s1. The molecule has 2 aromatic heterocycles. The maximum Gasteiger partial charge on any atom is 0.421 e. The van der Waals surface area contributed by atoms with E-state index in [4.69, 9.17) is 9.84 Å². The molecule has 2 saturated carbocycles. The van der Waals surface area contributed by atoms with Gasteiger partial charge in [0, 0.05) is 18.2 Å². The highest BCUT2D eigenvalue weighted by Crippen LogP contribution is 2.45. The van der Waals surface area contributed by atoms with Gasteiger partial charge in [-0.15, -0.1) is 0 Å². The third-order valence-corrected chi connectivity index (χ3v) is 6.66. The van der Waals surface area contributed by atoms with Gasteiger partial charge >= 0.3 is 6.18 Å². The number of nitriles is 1. The molecule has 0 saturated heterocycles. The fourth-order valence-corrected chi connectivity index (χ4v) is 4.22. The zero-order valence-corrected chi connectivity index (χ0v) is 17.8. The van der Waals surface area contributed by atoms with Crippen LogP contribution in [0.2, 0.25) is 0 Å². The summed E-state index contributed by atoms with van der Waals surface area (Å²) in [6.07, 6.45) is 0.691. The van der Waals surface area contributed by atoms with Crippen LogP contribution in [0.4, 0.5) is 30.8 Å². The number of halogens is 3. The number of nitrogens with zero attached hydrogens (tertiary/aromatic N) is 5. The maximum absolute atomic E-state index is 13.6. The maximum atomic E-state index is 13.6. The molecule has 3 heterocycles. The molecule has 32 heavy (non-hydrogen) atoms. The molecule has 3 aliphatic rings. The number of rotatable bonds is 2. The number of nitrogens with one attached hydrogen (secondary N) is 2. The lowest BCUT2D eigenvalue weighted by atomic mass is 9.80. The second kappa shape index (κ2) is 7.25. The first-order valence-corrected chi connectivity index (χ1v) is 10.8. The van der Waals surface area contributed by atoms with Crippen LogP contribution in [0.25, 0.3) is 0 Å². The van der Waals surface area contributed by atoms with Crippen LogP contribution in [0.5, 0.6) is 5.75 Å². The zero-order chi connectivity index (χ0) is 22.7. The average Bonchev–Trinajstić information content (AvgIpc) is 3.01. The van der Waals surface area contributed by atoms with Gasteiger partial charge in [-0.2, -0.15) is 28.5 Å². The first-order chi connectivity index (χ1) is 15.2. The number of hydrogen-bond donors (Lipinski definition) is 2. The summed E-state index contributed by atoms with van der Waals surface area (Å²) in [6.45, 7) is 3.85. The van der Waals surface area contributed by atoms with Crippen molar-refractivity contribution in [2.24, 2.45) is 5.92 Å². The Morgan fingerprint density at radius 3 is 2.59 bits per heavy atom. The monoisotopic (exact) mass is 447 g/mol. The Morgan fingerprint density at radius 2 is 2.00 bits per heavy atom. The molecule has 2 atom stereocenters. The van der Waals surface area contributed by atoms with Crippen LogP contribution in [0.1, 0.15) is 63.3 Å². The lowest BCUT2D eigenvalue weighted by Crippen LogP contribution is -2.42. The van der Waals surface area contributed by atoms with E-state index in [0.717, 1.165) is 38.3 Å². The number of aromatic nitrogens is 4. The number of hydrogen-bond acceptors (Lipinski definition) is 7. The normalized spacial score (nSPS) is 23.0. The van der Waals surface area contributed by atoms with Gasteiger partial charge in [0.15, 0.2) is 11.6 Å². The van der Waals surface area contributed by atoms with Gasteiger partial charge < -0.3 is 15.4 Å². The van der Waals surface area contributed by atoms with Crippen LogP contribution in [-0.4, -0.2) is 32.4 Å². The van der Waals surface area contributed by atoms with E-state index in [9.17, 15) is 18.4 Å². The number of anilines is 3. The summed E-state index contributed by atoms with van der Waals surface area (Å²) in [5.74, 6) is 0.730. The summed E-state index contributed by atoms with van der Waals surface area (Å²) in [6, 6.07) is 2.22. The summed E-state index contributed by atoms with van der Waals surface area (Å²) in [5.41, 5.74) is -1.30. The summed E-state index contributed by atoms with van der Waals surface area (Å²) in [5, 5.41) is 20.5. The Morgan fingerprint density at radius 1 is 1.22 bits per heavy atom. The van der Waals surface area contributed by atoms with Gasteiger partial charge in [-0.3, -0.25) is 0 Å². The van der Waals surface area contributed by atoms with Crippen LogP contribution in [-0.2, 0) is 11.6 Å². The quantitative estimate of drug-likeness (QED) is 0.697. The highest BCUT2D eigenvalue weighted by molar-refractivity contribution is 5.64. The molecular weight excluding hydrogens is 423 g/mol. The summed E-state index contributed by atoms with van der Waals surface area (Å²) in [7, 11) is 0. The predicted molar refractivity (Wildman–Crippen MR) is 110 cm³/mol. The van der Waals surface area contributed by atoms with Crippen LogP contribution in [0, 0.1) is 17.2 Å². The molecule has 2 N–H and O–H groups in total. The van der Waals surface area contributed by atoms with E-state index in [0.29, 0.717) is 23.9 Å². The van der Waals surface area contributed by atoms with Crippen molar-refractivity contribution < 1.29 is 17.9 Å². The van der Waals surface area contributed by atoms with Gasteiger partial charge in [0.05, 0.1) is 24.1 Å². The molecule has 0 spiro atoms. The average molecular weight is 447 g/mol. The van der Waals surface area contributed by atoms with E-state index >= 15 is 0 Å². The van der Waals surface area contributed by atoms with Crippen LogP contribution in [0.3, 0.4) is 0 Å². The van der Waals surface area contributed by atoms with Crippen molar-refractivity contribution in [1.82, 2.24) is 19.7 Å². The lowest BCUT2D eigenvalue weighted by molar-refractivity contribution is -0.137. The third-order valence-electron chi connectivity index (χ3n) is 6.66. The molecule has 2 fully saturated rings. The highest BCUT2D eigenvalue weighted by atomic mass is 19.4. The molecule has 2 aromatic rings. The molecule has 0 amide bonds. The van der Waals surface area contributed by atoms with Crippen molar-refractivity contribution in [2.45, 2.75) is 69.6 Å². The summed E-state index contributed by atoms with van der Waals surface area (Å²) < 4.78 is 48.7. The molecule has 1 aliphatic heterocycles. The lowest BCUT2D eigenvalue weighted by Gasteiger charge is -2.37. The molecule has 11 heteroatoms. The SMILES string of the molecule is CC(C)(C#N)c1nn(C2CCC2)c2c1OCC1CC[C@@H]1Nc1nc(ncc1C(F)(F)F)N2. The Bertz CT molecular complexity index is 1080. The van der Waals surface area contributed by atoms with Crippen molar-refractivity contribution in [2.75, 3.05) is 17.2 Å². The van der Waals surface area contributed by atoms with Crippen molar-refractivity contribution >= 4 is 17.6 Å². The number of ether oxygens (including phenoxy) is 1. The van der Waals surface area contributed by atoms with Gasteiger partial charge in [0.25, 0.3) is 0 Å². The van der Waals surface area contributed by atoms with E-state index < -0.39 is 17.2 Å². The van der Waals surface area contributed by atoms with E-state index in [2.05, 4.69) is 26.7 Å². The van der Waals surface area contributed by atoms with Crippen molar-refractivity contribution in [3.63, 3.8) is 0 Å². The van der Waals surface area contributed by atoms with E-state index in [1.54, 1.807) is 18.5 Å². The highest BCUT2D eigenvalue weighted by Gasteiger charge is 2.41. The second-order valence-corrected chi connectivity index (χ2v) is 9.27. The molecule has 2 aliphatic carbocycles. The van der Waals surface area contributed by atoms with E-state index in [1.165, 1.54) is 0 Å². The van der Waals surface area contributed by atoms with Gasteiger partial charge in [0.1, 0.15) is 17.1 Å². The first kappa shape index (κ1) is 20.8. The van der Waals surface area contributed by atoms with Crippen LogP contribution in [0.15, 0.2) is 6.20 Å². The van der Waals surface area contributed by atoms with Crippen molar-refractivity contribution in [3.05, 3.63) is 17.5 Å². The Hall–Kier alpha value is -3.03. The van der Waals surface area contributed by atoms with Gasteiger partial charge in [-0.05, 0) is 46.0 Å². The third kappa shape index (κ3) is 3.42. The Balaban J connectivity index is 1.66. The molecule has 170 valence electrons. The molecule has 1 unspecified atom stereocenters. The largest absolute Gasteiger partial charge is 0.487 e. The minimum Gasteiger partial charge on any atom is -0.487 e. The first-order valence-electron chi connectivity index (χ1n) is 10.8. The number of alkyl halides is 3. The van der Waals surface area contributed by atoms with E-state index in [-0.39, 0.29) is 29.8 Å². The Labute approximate surface area is 183 Å². The minimum absolute atomic E-state index is 0.0184. The zero-order valence-electron chi connectivity index (χ0n) is 17.8. The molecular formula is C21H24F3N7O. The molecule has 0 aromatic carbocycles. The minimum atomic E-state index is -4.57. The van der Waals surface area contributed by atoms with Gasteiger partial charge in [-0.1, -0.05) is 0 Å². The van der Waals surface area contributed by atoms with Gasteiger partial charge in [-0.25, -0.2) is 9.67 Å². The smallest absolute Gasteiger partial charge is 0.421 e. The Kier molecular flexibility index (Phi) is 4.72. The summed E-state index contributed by atoms with van der Waals surface area (Å²) in [4.78, 5) is 8.11. The fraction of sp³-hybridized carbons (Fsp3) is 0.619. The second-order valence-electron chi connectivity index (χ2n) is 9.27. The fourth-order valence-electron chi connectivity index (χ4n) is 4.22. The van der Waals surface area contributed by atoms with Gasteiger partial charge in [0.2, 0.25) is 5.95 Å². The molecule has 8 nitrogen and oxygen atoms in total.